The fraction of sp³-hybridized carbons (Fsp3) is 0.333. The zero-order valence-electron chi connectivity index (χ0n) is 16.0. The van der Waals surface area contributed by atoms with E-state index in [0.29, 0.717) is 16.3 Å². The second kappa shape index (κ2) is 8.96. The highest BCUT2D eigenvalue weighted by atomic mass is 35.5. The number of carbonyl (C=O) groups excluding carboxylic acids is 1. The molecule has 0 aliphatic carbocycles. The van der Waals surface area contributed by atoms with Crippen molar-refractivity contribution in [2.45, 2.75) is 13.0 Å². The molecule has 28 heavy (non-hydrogen) atoms. The first-order chi connectivity index (χ1) is 13.5. The molecule has 1 fully saturated rings. The lowest BCUT2D eigenvalue weighted by Crippen LogP contribution is -2.52. The Morgan fingerprint density at radius 1 is 1.21 bits per heavy atom. The summed E-state index contributed by atoms with van der Waals surface area (Å²) in [6.45, 7) is 5.10. The lowest BCUT2D eigenvalue weighted by molar-refractivity contribution is -0.120. The Balaban J connectivity index is 1.59. The van der Waals surface area contributed by atoms with Crippen LogP contribution in [0, 0.1) is 11.3 Å². The Kier molecular flexibility index (Phi) is 6.40. The topological polar surface area (TPSA) is 68.6 Å². The molecule has 146 valence electrons. The molecular formula is C21H23ClN4O2. The summed E-state index contributed by atoms with van der Waals surface area (Å²) in [5.41, 5.74) is 2.06. The number of rotatable bonds is 5. The standard InChI is InChI=1S/C21H23ClN4O2/c1-15(21(27)24-17-8-7-16(14-23)18(22)13-17)25-9-11-26(12-10-25)19-5-3-4-6-20(19)28-2/h3-8,13,15H,9-12H2,1-2H3,(H,24,27)/t15-/m1/s1. The van der Waals surface area contributed by atoms with Gasteiger partial charge in [-0.2, -0.15) is 5.26 Å². The third-order valence-corrected chi connectivity index (χ3v) is 5.34. The van der Waals surface area contributed by atoms with Crippen molar-refractivity contribution in [2.75, 3.05) is 43.5 Å². The monoisotopic (exact) mass is 398 g/mol. The highest BCUT2D eigenvalue weighted by molar-refractivity contribution is 6.32. The van der Waals surface area contributed by atoms with E-state index in [1.54, 1.807) is 25.3 Å². The van der Waals surface area contributed by atoms with Gasteiger partial charge in [-0.05, 0) is 37.3 Å². The van der Waals surface area contributed by atoms with Gasteiger partial charge in [-0.3, -0.25) is 9.69 Å². The van der Waals surface area contributed by atoms with Crippen LogP contribution in [0.3, 0.4) is 0 Å². The Bertz CT molecular complexity index is 888. The van der Waals surface area contributed by atoms with Crippen LogP contribution in [-0.2, 0) is 4.79 Å². The van der Waals surface area contributed by atoms with Crippen molar-refractivity contribution >= 4 is 28.9 Å². The molecule has 1 amide bonds. The molecule has 1 atom stereocenters. The molecule has 6 nitrogen and oxygen atoms in total. The van der Waals surface area contributed by atoms with Crippen molar-refractivity contribution in [3.63, 3.8) is 0 Å². The van der Waals surface area contributed by atoms with Crippen molar-refractivity contribution in [1.82, 2.24) is 4.90 Å². The molecule has 0 radical (unpaired) electrons. The summed E-state index contributed by atoms with van der Waals surface area (Å²) in [5.74, 6) is 0.769. The fourth-order valence-corrected chi connectivity index (χ4v) is 3.56. The third-order valence-electron chi connectivity index (χ3n) is 5.02. The summed E-state index contributed by atoms with van der Waals surface area (Å²) >= 11 is 6.04. The zero-order chi connectivity index (χ0) is 20.1. The van der Waals surface area contributed by atoms with Crippen LogP contribution in [0.5, 0.6) is 5.75 Å². The summed E-state index contributed by atoms with van der Waals surface area (Å²) in [7, 11) is 1.68. The number of nitrogens with zero attached hydrogens (tertiary/aromatic N) is 3. The van der Waals surface area contributed by atoms with Crippen LogP contribution < -0.4 is 15.0 Å². The Morgan fingerprint density at radius 2 is 1.93 bits per heavy atom. The summed E-state index contributed by atoms with van der Waals surface area (Å²) < 4.78 is 5.45. The Labute approximate surface area is 170 Å². The number of hydrogen-bond acceptors (Lipinski definition) is 5. The highest BCUT2D eigenvalue weighted by Gasteiger charge is 2.26. The van der Waals surface area contributed by atoms with Gasteiger partial charge in [-0.25, -0.2) is 0 Å². The number of halogens is 1. The number of amides is 1. The Hall–Kier alpha value is -2.75. The normalized spacial score (nSPS) is 15.6. The van der Waals surface area contributed by atoms with Crippen LogP contribution >= 0.6 is 11.6 Å². The van der Waals surface area contributed by atoms with E-state index in [4.69, 9.17) is 21.6 Å². The van der Waals surface area contributed by atoms with Gasteiger partial charge in [-0.1, -0.05) is 23.7 Å². The zero-order valence-corrected chi connectivity index (χ0v) is 16.7. The molecule has 0 unspecified atom stereocenters. The smallest absolute Gasteiger partial charge is 0.241 e. The van der Waals surface area contributed by atoms with Crippen molar-refractivity contribution in [3.8, 4) is 11.8 Å². The lowest BCUT2D eigenvalue weighted by Gasteiger charge is -2.38. The minimum Gasteiger partial charge on any atom is -0.495 e. The lowest BCUT2D eigenvalue weighted by atomic mass is 10.1. The van der Waals surface area contributed by atoms with Crippen molar-refractivity contribution < 1.29 is 9.53 Å². The van der Waals surface area contributed by atoms with Gasteiger partial charge in [0.1, 0.15) is 11.8 Å². The largest absolute Gasteiger partial charge is 0.495 e. The first-order valence-electron chi connectivity index (χ1n) is 9.16. The van der Waals surface area contributed by atoms with Gasteiger partial charge < -0.3 is 15.0 Å². The number of anilines is 2. The summed E-state index contributed by atoms with van der Waals surface area (Å²) in [5, 5.41) is 12.2. The van der Waals surface area contributed by atoms with E-state index < -0.39 is 0 Å². The SMILES string of the molecule is COc1ccccc1N1CCN([C@H](C)C(=O)Nc2ccc(C#N)c(Cl)c2)CC1. The van der Waals surface area contributed by atoms with E-state index in [1.807, 2.05) is 31.2 Å². The number of ether oxygens (including phenoxy) is 1. The van der Waals surface area contributed by atoms with Gasteiger partial charge >= 0.3 is 0 Å². The second-order valence-electron chi connectivity index (χ2n) is 6.67. The highest BCUT2D eigenvalue weighted by Crippen LogP contribution is 2.28. The number of para-hydroxylation sites is 2. The van der Waals surface area contributed by atoms with E-state index in [1.165, 1.54) is 0 Å². The molecule has 3 rings (SSSR count). The van der Waals surface area contributed by atoms with Crippen LogP contribution in [0.2, 0.25) is 5.02 Å². The quantitative estimate of drug-likeness (QED) is 0.836. The van der Waals surface area contributed by atoms with Crippen molar-refractivity contribution in [3.05, 3.63) is 53.1 Å². The van der Waals surface area contributed by atoms with Gasteiger partial charge in [0.2, 0.25) is 5.91 Å². The molecule has 1 saturated heterocycles. The van der Waals surface area contributed by atoms with Gasteiger partial charge in [0.25, 0.3) is 0 Å². The van der Waals surface area contributed by atoms with Crippen LogP contribution in [0.25, 0.3) is 0 Å². The third kappa shape index (κ3) is 4.38. The molecule has 2 aromatic carbocycles. The number of hydrogen-bond donors (Lipinski definition) is 1. The maximum Gasteiger partial charge on any atom is 0.241 e. The van der Waals surface area contributed by atoms with Gasteiger partial charge in [0.15, 0.2) is 0 Å². The average Bonchev–Trinajstić information content (AvgIpc) is 2.73. The first kappa shape index (κ1) is 20.0. The van der Waals surface area contributed by atoms with Crippen LogP contribution in [0.15, 0.2) is 42.5 Å². The number of benzene rings is 2. The number of methoxy groups -OCH3 is 1. The van der Waals surface area contributed by atoms with E-state index >= 15 is 0 Å². The molecular weight excluding hydrogens is 376 g/mol. The average molecular weight is 399 g/mol. The molecule has 0 aromatic heterocycles. The maximum absolute atomic E-state index is 12.6. The van der Waals surface area contributed by atoms with E-state index in [-0.39, 0.29) is 11.9 Å². The van der Waals surface area contributed by atoms with Crippen LogP contribution in [-0.4, -0.2) is 50.1 Å². The minimum atomic E-state index is -0.269. The summed E-state index contributed by atoms with van der Waals surface area (Å²) in [4.78, 5) is 17.1. The second-order valence-corrected chi connectivity index (χ2v) is 7.07. The predicted octanol–water partition coefficient (Wildman–Crippen LogP) is 3.37. The summed E-state index contributed by atoms with van der Waals surface area (Å²) in [6.07, 6.45) is 0. The van der Waals surface area contributed by atoms with Crippen LogP contribution in [0.4, 0.5) is 11.4 Å². The molecule has 2 aromatic rings. The minimum absolute atomic E-state index is 0.0912. The fourth-order valence-electron chi connectivity index (χ4n) is 3.34. The van der Waals surface area contributed by atoms with Gasteiger partial charge in [0.05, 0.1) is 29.4 Å². The number of nitrogens with one attached hydrogen (secondary N) is 1. The molecule has 1 heterocycles. The molecule has 1 aliphatic heterocycles. The first-order valence-corrected chi connectivity index (χ1v) is 9.54. The predicted molar refractivity (Wildman–Crippen MR) is 111 cm³/mol. The van der Waals surface area contributed by atoms with E-state index in [9.17, 15) is 4.79 Å². The van der Waals surface area contributed by atoms with Crippen LogP contribution in [0.1, 0.15) is 12.5 Å². The molecule has 0 spiro atoms. The number of nitriles is 1. The molecule has 1 N–H and O–H groups in total. The molecule has 1 aliphatic rings. The van der Waals surface area contributed by atoms with Gasteiger partial charge in [0, 0.05) is 31.9 Å². The van der Waals surface area contributed by atoms with Crippen molar-refractivity contribution in [2.24, 2.45) is 0 Å². The van der Waals surface area contributed by atoms with Gasteiger partial charge in [-0.15, -0.1) is 0 Å². The van der Waals surface area contributed by atoms with Crippen molar-refractivity contribution in [1.29, 1.82) is 5.26 Å². The summed E-state index contributed by atoms with van der Waals surface area (Å²) in [6, 6.07) is 14.6. The van der Waals surface area contributed by atoms with E-state index in [0.717, 1.165) is 37.6 Å². The number of carbonyl (C=O) groups is 1. The molecule has 0 bridgehead atoms. The molecule has 7 heteroatoms. The van der Waals surface area contributed by atoms with E-state index in [2.05, 4.69) is 21.2 Å². The number of piperazine rings is 1. The maximum atomic E-state index is 12.6. The Morgan fingerprint density at radius 3 is 2.57 bits per heavy atom. The molecule has 0 saturated carbocycles.